The molecule has 0 aliphatic rings. The predicted molar refractivity (Wildman–Crippen MR) is 69.2 cm³/mol. The summed E-state index contributed by atoms with van der Waals surface area (Å²) in [5.74, 6) is -0.507. The first-order valence-corrected chi connectivity index (χ1v) is 5.63. The molecule has 0 saturated heterocycles. The van der Waals surface area contributed by atoms with Gasteiger partial charge in [-0.15, -0.1) is 0 Å². The minimum absolute atomic E-state index is 0.152. The number of anilines is 1. The molecule has 0 heterocycles. The maximum absolute atomic E-state index is 13.5. The van der Waals surface area contributed by atoms with Crippen molar-refractivity contribution in [3.63, 3.8) is 0 Å². The minimum atomic E-state index is -0.587. The minimum Gasteiger partial charge on any atom is -0.494 e. The fourth-order valence-electron chi connectivity index (χ4n) is 1.52. The van der Waals surface area contributed by atoms with Gasteiger partial charge in [-0.1, -0.05) is 0 Å². The van der Waals surface area contributed by atoms with E-state index in [1.807, 2.05) is 0 Å². The highest BCUT2D eigenvalue weighted by Gasteiger charge is 2.20. The normalized spacial score (nSPS) is 11.2. The third-order valence-electron chi connectivity index (χ3n) is 2.50. The Bertz CT molecular complexity index is 441. The molecule has 1 amide bonds. The van der Waals surface area contributed by atoms with E-state index in [1.165, 1.54) is 24.1 Å². The summed E-state index contributed by atoms with van der Waals surface area (Å²) in [6, 6.07) is 4.38. The molecule has 0 unspecified atom stereocenters. The number of ether oxygens (including phenoxy) is 1. The molecule has 1 rings (SSSR count). The summed E-state index contributed by atoms with van der Waals surface area (Å²) >= 11 is 0. The highest BCUT2D eigenvalue weighted by Crippen LogP contribution is 2.23. The molecule has 5 heteroatoms. The summed E-state index contributed by atoms with van der Waals surface area (Å²) in [5.41, 5.74) is 5.67. The lowest BCUT2D eigenvalue weighted by molar-refractivity contribution is -0.119. The summed E-state index contributed by atoms with van der Waals surface area (Å²) < 4.78 is 18.3. The van der Waals surface area contributed by atoms with Gasteiger partial charge >= 0.3 is 0 Å². The maximum atomic E-state index is 13.5. The van der Waals surface area contributed by atoms with Crippen molar-refractivity contribution in [3.8, 4) is 5.75 Å². The van der Waals surface area contributed by atoms with Crippen LogP contribution in [0.15, 0.2) is 18.2 Å². The van der Waals surface area contributed by atoms with Gasteiger partial charge in [-0.2, -0.15) is 0 Å². The number of amides is 1. The molecular weight excluding hydrogens is 235 g/mol. The summed E-state index contributed by atoms with van der Waals surface area (Å²) in [6.07, 6.45) is 0.192. The Kier molecular flexibility index (Phi) is 4.29. The highest BCUT2D eigenvalue weighted by atomic mass is 19.1. The molecule has 0 spiro atoms. The van der Waals surface area contributed by atoms with E-state index < -0.39 is 11.4 Å². The van der Waals surface area contributed by atoms with Crippen LogP contribution in [0.5, 0.6) is 5.75 Å². The first-order valence-electron chi connectivity index (χ1n) is 5.63. The smallest absolute Gasteiger partial charge is 0.228 e. The molecule has 100 valence electrons. The Morgan fingerprint density at radius 1 is 1.50 bits per heavy atom. The van der Waals surface area contributed by atoms with Gasteiger partial charge in [-0.25, -0.2) is 4.39 Å². The van der Waals surface area contributed by atoms with E-state index in [4.69, 9.17) is 10.5 Å². The number of benzene rings is 1. The Balaban J connectivity index is 2.87. The lowest BCUT2D eigenvalue weighted by atomic mass is 10.0. The van der Waals surface area contributed by atoms with Crippen LogP contribution >= 0.6 is 0 Å². The van der Waals surface area contributed by atoms with Crippen molar-refractivity contribution in [2.24, 2.45) is 5.73 Å². The SMILES string of the molecule is COc1ccc(N(C)C(=O)CC(C)(C)N)cc1F. The molecule has 1 aromatic rings. The van der Waals surface area contributed by atoms with Crippen LogP contribution in [-0.2, 0) is 4.79 Å². The van der Waals surface area contributed by atoms with E-state index in [9.17, 15) is 9.18 Å². The van der Waals surface area contributed by atoms with Gasteiger partial charge in [0.25, 0.3) is 0 Å². The molecule has 0 radical (unpaired) electrons. The van der Waals surface area contributed by atoms with Crippen LogP contribution in [0.1, 0.15) is 20.3 Å². The van der Waals surface area contributed by atoms with Gasteiger partial charge < -0.3 is 15.4 Å². The second-order valence-corrected chi connectivity index (χ2v) is 4.94. The van der Waals surface area contributed by atoms with Crippen LogP contribution in [-0.4, -0.2) is 25.6 Å². The number of hydrogen-bond donors (Lipinski definition) is 1. The second kappa shape index (κ2) is 5.35. The summed E-state index contributed by atoms with van der Waals surface area (Å²) in [5, 5.41) is 0. The monoisotopic (exact) mass is 254 g/mol. The van der Waals surface area contributed by atoms with Gasteiger partial charge in [0.05, 0.1) is 7.11 Å². The Morgan fingerprint density at radius 3 is 2.56 bits per heavy atom. The van der Waals surface area contributed by atoms with Crippen molar-refractivity contribution < 1.29 is 13.9 Å². The van der Waals surface area contributed by atoms with Gasteiger partial charge in [-0.05, 0) is 26.0 Å². The van der Waals surface area contributed by atoms with Gasteiger partial charge in [-0.3, -0.25) is 4.79 Å². The standard InChI is InChI=1S/C13H19FN2O2/c1-13(2,15)8-12(17)16(3)9-5-6-11(18-4)10(14)7-9/h5-7H,8,15H2,1-4H3. The highest BCUT2D eigenvalue weighted by molar-refractivity contribution is 5.93. The Hall–Kier alpha value is -1.62. The lowest BCUT2D eigenvalue weighted by Gasteiger charge is -2.23. The van der Waals surface area contributed by atoms with E-state index in [2.05, 4.69) is 0 Å². The average Bonchev–Trinajstić information content (AvgIpc) is 2.25. The number of nitrogens with two attached hydrogens (primary N) is 1. The summed E-state index contributed by atoms with van der Waals surface area (Å²) in [4.78, 5) is 13.3. The van der Waals surface area contributed by atoms with Crippen molar-refractivity contribution in [2.75, 3.05) is 19.1 Å². The van der Waals surface area contributed by atoms with Gasteiger partial charge in [0.15, 0.2) is 11.6 Å². The van der Waals surface area contributed by atoms with E-state index in [1.54, 1.807) is 27.0 Å². The van der Waals surface area contributed by atoms with Crippen LogP contribution in [0.25, 0.3) is 0 Å². The molecule has 0 fully saturated rings. The molecule has 0 saturated carbocycles. The quantitative estimate of drug-likeness (QED) is 0.893. The molecule has 0 aliphatic heterocycles. The van der Waals surface area contributed by atoms with E-state index in [-0.39, 0.29) is 18.1 Å². The predicted octanol–water partition coefficient (Wildman–Crippen LogP) is 1.92. The number of rotatable bonds is 4. The summed E-state index contributed by atoms with van der Waals surface area (Å²) in [6.45, 7) is 3.54. The van der Waals surface area contributed by atoms with Gasteiger partial charge in [0, 0.05) is 30.8 Å². The number of carbonyl (C=O) groups excluding carboxylic acids is 1. The molecule has 2 N–H and O–H groups in total. The topological polar surface area (TPSA) is 55.6 Å². The lowest BCUT2D eigenvalue weighted by Crippen LogP contribution is -2.39. The molecule has 18 heavy (non-hydrogen) atoms. The molecule has 0 bridgehead atoms. The average molecular weight is 254 g/mol. The van der Waals surface area contributed by atoms with E-state index >= 15 is 0 Å². The third-order valence-corrected chi connectivity index (χ3v) is 2.50. The van der Waals surface area contributed by atoms with Crippen molar-refractivity contribution in [3.05, 3.63) is 24.0 Å². The Labute approximate surface area is 107 Å². The van der Waals surface area contributed by atoms with Gasteiger partial charge in [0.2, 0.25) is 5.91 Å². The van der Waals surface area contributed by atoms with Crippen molar-refractivity contribution in [2.45, 2.75) is 25.8 Å². The number of methoxy groups -OCH3 is 1. The first kappa shape index (κ1) is 14.4. The number of hydrogen-bond acceptors (Lipinski definition) is 3. The van der Waals surface area contributed by atoms with Crippen molar-refractivity contribution >= 4 is 11.6 Å². The Morgan fingerprint density at radius 2 is 2.11 bits per heavy atom. The van der Waals surface area contributed by atoms with Crippen LogP contribution < -0.4 is 15.4 Å². The fourth-order valence-corrected chi connectivity index (χ4v) is 1.52. The van der Waals surface area contributed by atoms with Crippen molar-refractivity contribution in [1.82, 2.24) is 0 Å². The van der Waals surface area contributed by atoms with E-state index in [0.29, 0.717) is 5.69 Å². The van der Waals surface area contributed by atoms with Crippen molar-refractivity contribution in [1.29, 1.82) is 0 Å². The zero-order chi connectivity index (χ0) is 13.9. The van der Waals surface area contributed by atoms with Gasteiger partial charge in [0.1, 0.15) is 0 Å². The molecular formula is C13H19FN2O2. The number of halogens is 1. The first-order chi connectivity index (χ1) is 8.24. The number of nitrogens with zero attached hydrogens (tertiary/aromatic N) is 1. The van der Waals surface area contributed by atoms with E-state index in [0.717, 1.165) is 0 Å². The zero-order valence-electron chi connectivity index (χ0n) is 11.2. The molecule has 0 aromatic heterocycles. The fraction of sp³-hybridized carbons (Fsp3) is 0.462. The van der Waals surface area contributed by atoms with Crippen LogP contribution in [0.3, 0.4) is 0 Å². The van der Waals surface area contributed by atoms with Crippen LogP contribution in [0, 0.1) is 5.82 Å². The molecule has 0 atom stereocenters. The second-order valence-electron chi connectivity index (χ2n) is 4.94. The zero-order valence-corrected chi connectivity index (χ0v) is 11.2. The third kappa shape index (κ3) is 3.70. The molecule has 4 nitrogen and oxygen atoms in total. The maximum Gasteiger partial charge on any atom is 0.228 e. The number of carbonyl (C=O) groups is 1. The van der Waals surface area contributed by atoms with Crippen LogP contribution in [0.2, 0.25) is 0 Å². The largest absolute Gasteiger partial charge is 0.494 e. The summed E-state index contributed by atoms with van der Waals surface area (Å²) in [7, 11) is 2.99. The molecule has 1 aromatic carbocycles. The van der Waals surface area contributed by atoms with Crippen LogP contribution in [0.4, 0.5) is 10.1 Å². The molecule has 0 aliphatic carbocycles.